The van der Waals surface area contributed by atoms with Crippen molar-refractivity contribution in [2.75, 3.05) is 6.54 Å². The van der Waals surface area contributed by atoms with Crippen LogP contribution in [0.5, 0.6) is 0 Å². The molecule has 6 nitrogen and oxygen atoms in total. The molecule has 3 heterocycles. The van der Waals surface area contributed by atoms with E-state index in [-0.39, 0.29) is 10.3 Å². The number of rotatable bonds is 4. The van der Waals surface area contributed by atoms with E-state index in [1.54, 1.807) is 13.1 Å². The Hall–Kier alpha value is -0.770. The summed E-state index contributed by atoms with van der Waals surface area (Å²) in [5.41, 5.74) is 0.695. The zero-order valence-corrected chi connectivity index (χ0v) is 14.6. The van der Waals surface area contributed by atoms with E-state index in [2.05, 4.69) is 35.2 Å². The lowest BCUT2D eigenvalue weighted by atomic mass is 9.98. The van der Waals surface area contributed by atoms with Gasteiger partial charge in [-0.05, 0) is 35.2 Å². The highest BCUT2D eigenvalue weighted by atomic mass is 79.9. The molecule has 21 heavy (non-hydrogen) atoms. The highest BCUT2D eigenvalue weighted by Crippen LogP contribution is 2.27. The van der Waals surface area contributed by atoms with E-state index in [1.165, 1.54) is 0 Å². The molecule has 0 fully saturated rings. The maximum Gasteiger partial charge on any atom is 0.267 e. The first-order valence-electron chi connectivity index (χ1n) is 6.58. The van der Waals surface area contributed by atoms with Crippen molar-refractivity contribution in [1.29, 1.82) is 0 Å². The van der Waals surface area contributed by atoms with Crippen molar-refractivity contribution in [3.63, 3.8) is 0 Å². The molecule has 0 saturated heterocycles. The zero-order chi connectivity index (χ0) is 15.0. The largest absolute Gasteiger partial charge is 0.335 e. The van der Waals surface area contributed by atoms with Crippen LogP contribution in [-0.2, 0) is 23.0 Å². The predicted molar refractivity (Wildman–Crippen MR) is 83.8 cm³/mol. The van der Waals surface area contributed by atoms with E-state index in [0.29, 0.717) is 12.2 Å². The van der Waals surface area contributed by atoms with Crippen LogP contribution in [0.25, 0.3) is 0 Å². The fourth-order valence-electron chi connectivity index (χ4n) is 2.35. The molecule has 0 bridgehead atoms. The Morgan fingerprint density at radius 1 is 1.57 bits per heavy atom. The Bertz CT molecular complexity index is 734. The van der Waals surface area contributed by atoms with E-state index in [9.17, 15) is 8.42 Å². The molecule has 1 N–H and O–H groups in total. The minimum Gasteiger partial charge on any atom is -0.335 e. The zero-order valence-electron chi connectivity index (χ0n) is 11.4. The van der Waals surface area contributed by atoms with Crippen LogP contribution in [0, 0.1) is 12.8 Å². The van der Waals surface area contributed by atoms with Gasteiger partial charge in [-0.1, -0.05) is 11.3 Å². The van der Waals surface area contributed by atoms with Crippen LogP contribution in [0.2, 0.25) is 0 Å². The molecule has 114 valence electrons. The molecular weight excluding hydrogens is 376 g/mol. The lowest BCUT2D eigenvalue weighted by molar-refractivity contribution is 0.379. The number of imidazole rings is 1. The highest BCUT2D eigenvalue weighted by molar-refractivity contribution is 9.11. The molecule has 9 heteroatoms. The summed E-state index contributed by atoms with van der Waals surface area (Å²) in [5.74, 6) is 1.30. The van der Waals surface area contributed by atoms with E-state index >= 15 is 0 Å². The van der Waals surface area contributed by atoms with Gasteiger partial charge in [0, 0.05) is 31.9 Å². The molecule has 0 radical (unpaired) electrons. The lowest BCUT2D eigenvalue weighted by Gasteiger charge is -2.23. The summed E-state index contributed by atoms with van der Waals surface area (Å²) >= 11 is 4.44. The van der Waals surface area contributed by atoms with Crippen molar-refractivity contribution in [2.24, 2.45) is 5.92 Å². The third kappa shape index (κ3) is 3.20. The van der Waals surface area contributed by atoms with Gasteiger partial charge in [-0.2, -0.15) is 0 Å². The van der Waals surface area contributed by atoms with Crippen LogP contribution in [0.1, 0.15) is 17.9 Å². The molecule has 1 aliphatic heterocycles. The van der Waals surface area contributed by atoms with Gasteiger partial charge in [0.05, 0.1) is 9.48 Å². The average molecular weight is 391 g/mol. The van der Waals surface area contributed by atoms with Crippen molar-refractivity contribution in [3.05, 3.63) is 27.7 Å². The summed E-state index contributed by atoms with van der Waals surface area (Å²) in [6.07, 6.45) is 5.51. The van der Waals surface area contributed by atoms with Gasteiger partial charge in [0.2, 0.25) is 4.34 Å². The van der Waals surface area contributed by atoms with Crippen molar-refractivity contribution in [3.8, 4) is 0 Å². The third-order valence-electron chi connectivity index (χ3n) is 3.56. The van der Waals surface area contributed by atoms with Crippen LogP contribution in [-0.4, -0.2) is 29.5 Å². The van der Waals surface area contributed by atoms with Crippen LogP contribution in [0.4, 0.5) is 0 Å². The topological polar surface area (TPSA) is 76.9 Å². The van der Waals surface area contributed by atoms with Gasteiger partial charge in [-0.3, -0.25) is 0 Å². The van der Waals surface area contributed by atoms with Gasteiger partial charge in [0.25, 0.3) is 10.0 Å². The molecule has 0 amide bonds. The lowest BCUT2D eigenvalue weighted by Crippen LogP contribution is -2.33. The number of nitrogens with zero attached hydrogens (tertiary/aromatic N) is 3. The van der Waals surface area contributed by atoms with Gasteiger partial charge in [0.15, 0.2) is 0 Å². The number of fused-ring (bicyclic) bond motifs is 1. The molecule has 0 aliphatic carbocycles. The molecular formula is C12H15BrN4O2S2. The van der Waals surface area contributed by atoms with E-state index in [4.69, 9.17) is 0 Å². The Labute approximate surface area is 135 Å². The fraction of sp³-hybridized carbons (Fsp3) is 0.500. The third-order valence-corrected chi connectivity index (χ3v) is 7.37. The number of aromatic nitrogens is 3. The fourth-order valence-corrected chi connectivity index (χ4v) is 5.45. The Kier molecular flexibility index (Phi) is 4.17. The van der Waals surface area contributed by atoms with E-state index in [1.807, 2.05) is 6.20 Å². The summed E-state index contributed by atoms with van der Waals surface area (Å²) in [5, 5.41) is 0. The first-order chi connectivity index (χ1) is 9.95. The van der Waals surface area contributed by atoms with Crippen molar-refractivity contribution in [2.45, 2.75) is 30.6 Å². The van der Waals surface area contributed by atoms with Gasteiger partial charge >= 0.3 is 0 Å². The monoisotopic (exact) mass is 390 g/mol. The maximum absolute atomic E-state index is 12.2. The number of aryl methyl sites for hydroxylation is 2. The molecule has 1 atom stereocenters. The number of thiazole rings is 1. The second kappa shape index (κ2) is 5.79. The Balaban J connectivity index is 1.65. The molecule has 0 aromatic carbocycles. The van der Waals surface area contributed by atoms with Gasteiger partial charge in [-0.15, -0.1) is 0 Å². The molecule has 0 spiro atoms. The minimum absolute atomic E-state index is 0.115. The first-order valence-corrected chi connectivity index (χ1v) is 9.67. The first kappa shape index (κ1) is 15.1. The number of hydrogen-bond donors (Lipinski definition) is 1. The van der Waals surface area contributed by atoms with Crippen molar-refractivity contribution in [1.82, 2.24) is 19.3 Å². The van der Waals surface area contributed by atoms with E-state index in [0.717, 1.165) is 40.3 Å². The number of hydrogen-bond acceptors (Lipinski definition) is 5. The SMILES string of the molecule is Cc1nc(S(=O)(=O)NC[C@@H]2CCn3ccnc3C2)sc1Br. The quantitative estimate of drug-likeness (QED) is 0.865. The van der Waals surface area contributed by atoms with Gasteiger partial charge in [-0.25, -0.2) is 23.1 Å². The van der Waals surface area contributed by atoms with Crippen LogP contribution < -0.4 is 4.72 Å². The van der Waals surface area contributed by atoms with Crippen LogP contribution in [0.15, 0.2) is 20.5 Å². The average Bonchev–Trinajstić information content (AvgIpc) is 3.04. The van der Waals surface area contributed by atoms with E-state index < -0.39 is 10.0 Å². The molecule has 1 aliphatic rings. The molecule has 3 rings (SSSR count). The normalized spacial score (nSPS) is 18.7. The minimum atomic E-state index is -3.53. The second-order valence-corrected chi connectivity index (χ2v) is 9.34. The summed E-state index contributed by atoms with van der Waals surface area (Å²) in [7, 11) is -3.53. The van der Waals surface area contributed by atoms with Crippen molar-refractivity contribution < 1.29 is 8.42 Å². The van der Waals surface area contributed by atoms with Crippen LogP contribution >= 0.6 is 27.3 Å². The highest BCUT2D eigenvalue weighted by Gasteiger charge is 2.24. The summed E-state index contributed by atoms with van der Waals surface area (Å²) in [6, 6.07) is 0. The predicted octanol–water partition coefficient (Wildman–Crippen LogP) is 1.95. The Morgan fingerprint density at radius 2 is 2.38 bits per heavy atom. The van der Waals surface area contributed by atoms with Crippen molar-refractivity contribution >= 4 is 37.3 Å². The standard InChI is InChI=1S/C12H15BrN4O2S2/c1-8-11(13)20-12(16-8)21(18,19)15-7-9-2-4-17-5-3-14-10(17)6-9/h3,5,9,15H,2,4,6-7H2,1H3/t9-/m1/s1. The van der Waals surface area contributed by atoms with Crippen LogP contribution in [0.3, 0.4) is 0 Å². The molecule has 0 unspecified atom stereocenters. The molecule has 0 saturated carbocycles. The smallest absolute Gasteiger partial charge is 0.267 e. The Morgan fingerprint density at radius 3 is 3.10 bits per heavy atom. The molecule has 2 aromatic heterocycles. The number of nitrogens with one attached hydrogen (secondary N) is 1. The summed E-state index contributed by atoms with van der Waals surface area (Å²) < 4.78 is 30.1. The maximum atomic E-state index is 12.2. The number of sulfonamides is 1. The van der Waals surface area contributed by atoms with Gasteiger partial charge in [0.1, 0.15) is 5.82 Å². The summed E-state index contributed by atoms with van der Waals surface area (Å²) in [6.45, 7) is 3.09. The van der Waals surface area contributed by atoms with Gasteiger partial charge < -0.3 is 4.57 Å². The number of halogens is 1. The summed E-state index contributed by atoms with van der Waals surface area (Å²) in [4.78, 5) is 8.37. The molecule has 2 aromatic rings. The second-order valence-electron chi connectivity index (χ2n) is 5.09.